The minimum absolute atomic E-state index is 0.248. The van der Waals surface area contributed by atoms with Gasteiger partial charge in [-0.2, -0.15) is 0 Å². The Morgan fingerprint density at radius 3 is 2.59 bits per heavy atom. The number of rotatable bonds is 4. The second-order valence-electron chi connectivity index (χ2n) is 5.12. The van der Waals surface area contributed by atoms with Crippen LogP contribution in [-0.2, 0) is 19.1 Å². The molecule has 6 nitrogen and oxygen atoms in total. The molecule has 0 aromatic heterocycles. The van der Waals surface area contributed by atoms with Crippen LogP contribution in [0.4, 0.5) is 5.69 Å². The first-order valence-electron chi connectivity index (χ1n) is 7.09. The fourth-order valence-corrected chi connectivity index (χ4v) is 2.71. The van der Waals surface area contributed by atoms with Crippen molar-refractivity contribution in [2.24, 2.45) is 0 Å². The van der Waals surface area contributed by atoms with Crippen molar-refractivity contribution >= 4 is 17.6 Å². The molecular weight excluding hydrogens is 286 g/mol. The van der Waals surface area contributed by atoms with Crippen LogP contribution in [0, 0.1) is 0 Å². The van der Waals surface area contributed by atoms with Gasteiger partial charge >= 0.3 is 5.97 Å². The number of ether oxygens (including phenoxy) is 3. The van der Waals surface area contributed by atoms with Crippen LogP contribution in [0.15, 0.2) is 36.1 Å². The first-order chi connectivity index (χ1) is 10.6. The molecule has 22 heavy (non-hydrogen) atoms. The fraction of sp³-hybridized carbons (Fsp3) is 0.375. The monoisotopic (exact) mass is 303 g/mol. The van der Waals surface area contributed by atoms with E-state index in [1.807, 2.05) is 6.08 Å². The standard InChI is InChI=1S/C16H17NO5/c1-10(18)22-15-14(13-4-3-9-21-13)17(16(15)19)11-5-7-12(20-2)8-6-11/h4-8,14-15H,3,9H2,1-2H3/t14-,15+/m0/s1. The zero-order chi connectivity index (χ0) is 15.7. The number of benzene rings is 1. The van der Waals surface area contributed by atoms with Gasteiger partial charge < -0.3 is 14.2 Å². The van der Waals surface area contributed by atoms with Gasteiger partial charge in [0, 0.05) is 19.0 Å². The zero-order valence-electron chi connectivity index (χ0n) is 12.4. The summed E-state index contributed by atoms with van der Waals surface area (Å²) in [6, 6.07) is 6.75. The lowest BCUT2D eigenvalue weighted by molar-refractivity contribution is -0.160. The highest BCUT2D eigenvalue weighted by atomic mass is 16.6. The van der Waals surface area contributed by atoms with Crippen molar-refractivity contribution < 1.29 is 23.8 Å². The lowest BCUT2D eigenvalue weighted by atomic mass is 9.94. The van der Waals surface area contributed by atoms with Crippen LogP contribution in [0.25, 0.3) is 0 Å². The molecule has 0 bridgehead atoms. The molecule has 1 amide bonds. The van der Waals surface area contributed by atoms with Gasteiger partial charge in [-0.25, -0.2) is 0 Å². The highest BCUT2D eigenvalue weighted by Crippen LogP contribution is 2.36. The van der Waals surface area contributed by atoms with Gasteiger partial charge in [0.1, 0.15) is 17.6 Å². The van der Waals surface area contributed by atoms with Crippen LogP contribution >= 0.6 is 0 Å². The summed E-state index contributed by atoms with van der Waals surface area (Å²) in [5.74, 6) is 0.668. The van der Waals surface area contributed by atoms with Gasteiger partial charge in [-0.1, -0.05) is 0 Å². The van der Waals surface area contributed by atoms with Gasteiger partial charge in [-0.15, -0.1) is 0 Å². The highest BCUT2D eigenvalue weighted by Gasteiger charge is 2.53. The number of nitrogens with zero attached hydrogens (tertiary/aromatic N) is 1. The molecule has 1 aromatic rings. The molecule has 116 valence electrons. The number of anilines is 1. The average molecular weight is 303 g/mol. The number of carbonyl (C=O) groups excluding carboxylic acids is 2. The van der Waals surface area contributed by atoms with Crippen LogP contribution in [-0.4, -0.2) is 37.7 Å². The van der Waals surface area contributed by atoms with Crippen LogP contribution in [0.2, 0.25) is 0 Å². The molecular formula is C16H17NO5. The van der Waals surface area contributed by atoms with E-state index in [4.69, 9.17) is 14.2 Å². The maximum absolute atomic E-state index is 12.4. The summed E-state index contributed by atoms with van der Waals surface area (Å²) in [6.45, 7) is 1.88. The molecule has 0 N–H and O–H groups in total. The largest absolute Gasteiger partial charge is 0.497 e. The molecule has 2 heterocycles. The van der Waals surface area contributed by atoms with Gasteiger partial charge in [-0.05, 0) is 30.3 Å². The Hall–Kier alpha value is -2.50. The van der Waals surface area contributed by atoms with Gasteiger partial charge in [0.15, 0.2) is 0 Å². The minimum atomic E-state index is -0.816. The highest BCUT2D eigenvalue weighted by molar-refractivity contribution is 6.06. The quantitative estimate of drug-likeness (QED) is 0.625. The second kappa shape index (κ2) is 5.71. The molecule has 0 radical (unpaired) electrons. The fourth-order valence-electron chi connectivity index (χ4n) is 2.71. The smallest absolute Gasteiger partial charge is 0.303 e. The van der Waals surface area contributed by atoms with Crippen LogP contribution in [0.5, 0.6) is 5.75 Å². The summed E-state index contributed by atoms with van der Waals surface area (Å²) in [5, 5.41) is 0. The van der Waals surface area contributed by atoms with Crippen LogP contribution < -0.4 is 9.64 Å². The molecule has 6 heteroatoms. The van der Waals surface area contributed by atoms with Crippen molar-refractivity contribution in [2.45, 2.75) is 25.5 Å². The van der Waals surface area contributed by atoms with Gasteiger partial charge in [0.2, 0.25) is 6.10 Å². The molecule has 1 aromatic carbocycles. The predicted octanol–water partition coefficient (Wildman–Crippen LogP) is 1.65. The van der Waals surface area contributed by atoms with Crippen LogP contribution in [0.3, 0.4) is 0 Å². The average Bonchev–Trinajstić information content (AvgIpc) is 3.03. The second-order valence-corrected chi connectivity index (χ2v) is 5.12. The third-order valence-electron chi connectivity index (χ3n) is 3.71. The Morgan fingerprint density at radius 2 is 2.05 bits per heavy atom. The van der Waals surface area contributed by atoms with E-state index in [-0.39, 0.29) is 5.91 Å². The molecule has 1 fully saturated rings. The van der Waals surface area contributed by atoms with Crippen molar-refractivity contribution in [1.82, 2.24) is 0 Å². The van der Waals surface area contributed by atoms with E-state index < -0.39 is 18.1 Å². The number of hydrogen-bond acceptors (Lipinski definition) is 5. The summed E-state index contributed by atoms with van der Waals surface area (Å²) in [5.41, 5.74) is 0.718. The van der Waals surface area contributed by atoms with Crippen molar-refractivity contribution in [3.05, 3.63) is 36.1 Å². The van der Waals surface area contributed by atoms with E-state index in [9.17, 15) is 9.59 Å². The van der Waals surface area contributed by atoms with Crippen molar-refractivity contribution in [2.75, 3.05) is 18.6 Å². The Labute approximate surface area is 128 Å². The molecule has 2 atom stereocenters. The summed E-state index contributed by atoms with van der Waals surface area (Å²) in [4.78, 5) is 25.2. The maximum atomic E-state index is 12.4. The summed E-state index contributed by atoms with van der Waals surface area (Å²) >= 11 is 0. The number of carbonyl (C=O) groups is 2. The van der Waals surface area contributed by atoms with E-state index in [2.05, 4.69) is 0 Å². The number of hydrogen-bond donors (Lipinski definition) is 0. The topological polar surface area (TPSA) is 65.1 Å². The Kier molecular flexibility index (Phi) is 3.75. The molecule has 2 aliphatic rings. The third kappa shape index (κ3) is 2.41. The molecule has 1 saturated heterocycles. The minimum Gasteiger partial charge on any atom is -0.497 e. The van der Waals surface area contributed by atoms with E-state index in [0.717, 1.165) is 12.1 Å². The molecule has 0 saturated carbocycles. The molecule has 0 aliphatic carbocycles. The molecule has 0 spiro atoms. The Morgan fingerprint density at radius 1 is 1.32 bits per heavy atom. The SMILES string of the molecule is COc1ccc(N2C(=O)[C@H](OC(C)=O)[C@@H]2C2=CCCO2)cc1. The van der Waals surface area contributed by atoms with E-state index in [0.29, 0.717) is 18.1 Å². The predicted molar refractivity (Wildman–Crippen MR) is 78.5 cm³/mol. The van der Waals surface area contributed by atoms with Gasteiger partial charge in [-0.3, -0.25) is 14.5 Å². The lowest BCUT2D eigenvalue weighted by Crippen LogP contribution is -2.67. The van der Waals surface area contributed by atoms with E-state index in [1.54, 1.807) is 36.3 Å². The summed E-state index contributed by atoms with van der Waals surface area (Å²) in [6.07, 6.45) is 1.91. The zero-order valence-corrected chi connectivity index (χ0v) is 12.4. The van der Waals surface area contributed by atoms with Crippen molar-refractivity contribution in [1.29, 1.82) is 0 Å². The van der Waals surface area contributed by atoms with Gasteiger partial charge in [0.05, 0.1) is 13.7 Å². The summed E-state index contributed by atoms with van der Waals surface area (Å²) < 4.78 is 15.8. The molecule has 0 unspecified atom stereocenters. The Balaban J connectivity index is 1.87. The lowest BCUT2D eigenvalue weighted by Gasteiger charge is -2.45. The number of amides is 1. The number of β-lactam (4-membered cyclic amide) rings is 1. The Bertz CT molecular complexity index is 622. The van der Waals surface area contributed by atoms with Crippen LogP contribution in [0.1, 0.15) is 13.3 Å². The number of methoxy groups -OCH3 is 1. The third-order valence-corrected chi connectivity index (χ3v) is 3.71. The number of esters is 1. The van der Waals surface area contributed by atoms with E-state index in [1.165, 1.54) is 6.92 Å². The maximum Gasteiger partial charge on any atom is 0.303 e. The molecule has 2 aliphatic heterocycles. The van der Waals surface area contributed by atoms with E-state index >= 15 is 0 Å². The van der Waals surface area contributed by atoms with Crippen molar-refractivity contribution in [3.63, 3.8) is 0 Å². The first-order valence-corrected chi connectivity index (χ1v) is 7.09. The molecule has 3 rings (SSSR count). The van der Waals surface area contributed by atoms with Gasteiger partial charge in [0.25, 0.3) is 5.91 Å². The normalized spacial score (nSPS) is 23.5. The first kappa shape index (κ1) is 14.4. The van der Waals surface area contributed by atoms with Crippen molar-refractivity contribution in [3.8, 4) is 5.75 Å². The summed E-state index contributed by atoms with van der Waals surface area (Å²) in [7, 11) is 1.58.